The molecule has 7 nitrogen and oxygen atoms in total. The van der Waals surface area contributed by atoms with E-state index in [0.717, 1.165) is 12.1 Å². The summed E-state index contributed by atoms with van der Waals surface area (Å²) in [6.45, 7) is 2.56. The number of anilines is 1. The van der Waals surface area contributed by atoms with E-state index in [1.807, 2.05) is 30.0 Å². The quantitative estimate of drug-likeness (QED) is 0.571. The van der Waals surface area contributed by atoms with Gasteiger partial charge in [-0.2, -0.15) is 0 Å². The first-order valence-corrected chi connectivity index (χ1v) is 8.83. The van der Waals surface area contributed by atoms with Crippen LogP contribution >= 0.6 is 11.8 Å². The highest BCUT2D eigenvalue weighted by atomic mass is 32.2. The molecule has 1 aromatic carbocycles. The van der Waals surface area contributed by atoms with Gasteiger partial charge in [0.05, 0.1) is 11.5 Å². The molecule has 128 valence electrons. The zero-order chi connectivity index (χ0) is 17.4. The number of para-hydroxylation sites is 1. The van der Waals surface area contributed by atoms with Crippen LogP contribution in [0.2, 0.25) is 0 Å². The molecule has 2 aromatic heterocycles. The second kappa shape index (κ2) is 6.29. The minimum Gasteiger partial charge on any atom is -0.461 e. The number of benzene rings is 1. The van der Waals surface area contributed by atoms with Crippen molar-refractivity contribution in [2.45, 2.75) is 23.8 Å². The van der Waals surface area contributed by atoms with Gasteiger partial charge in [0.15, 0.2) is 5.76 Å². The Morgan fingerprint density at radius 1 is 1.28 bits per heavy atom. The van der Waals surface area contributed by atoms with Gasteiger partial charge < -0.3 is 15.2 Å². The molecule has 0 saturated carbocycles. The minimum atomic E-state index is -0.331. The van der Waals surface area contributed by atoms with Crippen LogP contribution in [0.3, 0.4) is 0 Å². The highest BCUT2D eigenvalue weighted by Crippen LogP contribution is 2.31. The Morgan fingerprint density at radius 3 is 2.92 bits per heavy atom. The van der Waals surface area contributed by atoms with Crippen molar-refractivity contribution in [2.24, 2.45) is 0 Å². The molecule has 1 atom stereocenters. The molecule has 3 heterocycles. The maximum absolute atomic E-state index is 12.8. The molecule has 2 N–H and O–H groups in total. The van der Waals surface area contributed by atoms with Crippen molar-refractivity contribution < 1.29 is 9.21 Å². The summed E-state index contributed by atoms with van der Waals surface area (Å²) >= 11 is 1.29. The molecule has 25 heavy (non-hydrogen) atoms. The van der Waals surface area contributed by atoms with Gasteiger partial charge in [-0.25, -0.2) is 4.68 Å². The smallest absolute Gasteiger partial charge is 0.240 e. The molecule has 1 aliphatic rings. The molecule has 0 radical (unpaired) electrons. The second-order valence-corrected chi connectivity index (χ2v) is 7.09. The van der Waals surface area contributed by atoms with Crippen molar-refractivity contribution in [3.63, 3.8) is 0 Å². The van der Waals surface area contributed by atoms with E-state index in [2.05, 4.69) is 16.3 Å². The number of rotatable bonds is 4. The van der Waals surface area contributed by atoms with E-state index in [0.29, 0.717) is 23.3 Å². The van der Waals surface area contributed by atoms with Crippen molar-refractivity contribution in [3.8, 4) is 11.6 Å². The van der Waals surface area contributed by atoms with Crippen molar-refractivity contribution in [1.82, 2.24) is 14.9 Å². The summed E-state index contributed by atoms with van der Waals surface area (Å²) in [6, 6.07) is 11.5. The molecule has 0 spiro atoms. The fourth-order valence-electron chi connectivity index (χ4n) is 2.93. The average molecular weight is 355 g/mol. The van der Waals surface area contributed by atoms with E-state index in [1.165, 1.54) is 22.0 Å². The van der Waals surface area contributed by atoms with Gasteiger partial charge in [-0.15, -0.1) is 10.2 Å². The number of nitrogens with zero attached hydrogens (tertiary/aromatic N) is 4. The monoisotopic (exact) mass is 355 g/mol. The van der Waals surface area contributed by atoms with E-state index in [4.69, 9.17) is 10.3 Å². The normalized spacial score (nSPS) is 14.5. The lowest BCUT2D eigenvalue weighted by Crippen LogP contribution is -2.35. The Hall–Kier alpha value is -2.74. The van der Waals surface area contributed by atoms with Crippen LogP contribution in [0.5, 0.6) is 0 Å². The number of carbonyl (C=O) groups excluding carboxylic acids is 1. The SMILES string of the molecule is CC(Sc1nnc(-c2ccco2)n1N)C(=O)N1CCc2ccccc21. The summed E-state index contributed by atoms with van der Waals surface area (Å²) < 4.78 is 6.65. The molecule has 1 aliphatic heterocycles. The van der Waals surface area contributed by atoms with Gasteiger partial charge in [0, 0.05) is 12.2 Å². The molecule has 0 aliphatic carbocycles. The predicted molar refractivity (Wildman–Crippen MR) is 95.7 cm³/mol. The Morgan fingerprint density at radius 2 is 2.12 bits per heavy atom. The van der Waals surface area contributed by atoms with Crippen molar-refractivity contribution in [3.05, 3.63) is 48.2 Å². The summed E-state index contributed by atoms with van der Waals surface area (Å²) in [5, 5.41) is 8.28. The summed E-state index contributed by atoms with van der Waals surface area (Å²) in [5.74, 6) is 7.06. The lowest BCUT2D eigenvalue weighted by atomic mass is 10.2. The van der Waals surface area contributed by atoms with E-state index in [-0.39, 0.29) is 11.2 Å². The number of amides is 1. The van der Waals surface area contributed by atoms with Gasteiger partial charge in [0.2, 0.25) is 16.9 Å². The highest BCUT2D eigenvalue weighted by molar-refractivity contribution is 8.00. The van der Waals surface area contributed by atoms with Crippen LogP contribution in [0.25, 0.3) is 11.6 Å². The molecule has 0 bridgehead atoms. The van der Waals surface area contributed by atoms with Crippen LogP contribution in [0.4, 0.5) is 5.69 Å². The van der Waals surface area contributed by atoms with Gasteiger partial charge in [0.1, 0.15) is 0 Å². The minimum absolute atomic E-state index is 0.0394. The van der Waals surface area contributed by atoms with Crippen LogP contribution in [0, 0.1) is 0 Å². The van der Waals surface area contributed by atoms with Gasteiger partial charge in [-0.3, -0.25) is 4.79 Å². The molecule has 0 fully saturated rings. The van der Waals surface area contributed by atoms with E-state index < -0.39 is 0 Å². The lowest BCUT2D eigenvalue weighted by Gasteiger charge is -2.21. The molecule has 8 heteroatoms. The van der Waals surface area contributed by atoms with E-state index in [9.17, 15) is 4.79 Å². The molecular formula is C17H17N5O2S. The largest absolute Gasteiger partial charge is 0.461 e. The zero-order valence-electron chi connectivity index (χ0n) is 13.6. The molecule has 3 aromatic rings. The van der Waals surface area contributed by atoms with Crippen LogP contribution in [0.15, 0.2) is 52.2 Å². The molecule has 0 saturated heterocycles. The van der Waals surface area contributed by atoms with Gasteiger partial charge >= 0.3 is 0 Å². The number of thioether (sulfide) groups is 1. The first kappa shape index (κ1) is 15.8. The molecule has 4 rings (SSSR count). The number of fused-ring (bicyclic) bond motifs is 1. The van der Waals surface area contributed by atoms with Crippen LogP contribution in [-0.4, -0.2) is 32.6 Å². The first-order chi connectivity index (χ1) is 12.1. The Balaban J connectivity index is 1.51. The molecule has 1 amide bonds. The van der Waals surface area contributed by atoms with Gasteiger partial charge in [-0.05, 0) is 37.1 Å². The second-order valence-electron chi connectivity index (χ2n) is 5.78. The summed E-state index contributed by atoms with van der Waals surface area (Å²) in [6.07, 6.45) is 2.43. The summed E-state index contributed by atoms with van der Waals surface area (Å²) in [7, 11) is 0. The van der Waals surface area contributed by atoms with E-state index in [1.54, 1.807) is 18.4 Å². The third-order valence-electron chi connectivity index (χ3n) is 4.19. The number of nitrogens with two attached hydrogens (primary N) is 1. The summed E-state index contributed by atoms with van der Waals surface area (Å²) in [4.78, 5) is 14.7. The van der Waals surface area contributed by atoms with Crippen LogP contribution in [-0.2, 0) is 11.2 Å². The number of furan rings is 1. The zero-order valence-corrected chi connectivity index (χ0v) is 14.4. The van der Waals surface area contributed by atoms with Gasteiger partial charge in [0.25, 0.3) is 0 Å². The maximum atomic E-state index is 12.8. The standard InChI is InChI=1S/C17H17N5O2S/c1-11(16(23)21-9-8-12-5-2-3-6-13(12)21)25-17-20-19-15(22(17)18)14-7-4-10-24-14/h2-7,10-11H,8-9,18H2,1H3. The third-order valence-corrected chi connectivity index (χ3v) is 5.23. The lowest BCUT2D eigenvalue weighted by molar-refractivity contribution is -0.117. The topological polar surface area (TPSA) is 90.2 Å². The number of nitrogen functional groups attached to an aromatic ring is 1. The first-order valence-electron chi connectivity index (χ1n) is 7.95. The van der Waals surface area contributed by atoms with Crippen molar-refractivity contribution >= 4 is 23.4 Å². The fraction of sp³-hybridized carbons (Fsp3) is 0.235. The van der Waals surface area contributed by atoms with Crippen LogP contribution in [0.1, 0.15) is 12.5 Å². The van der Waals surface area contributed by atoms with Crippen molar-refractivity contribution in [1.29, 1.82) is 0 Å². The number of aromatic nitrogens is 3. The molecular weight excluding hydrogens is 338 g/mol. The Kier molecular flexibility index (Phi) is 3.96. The predicted octanol–water partition coefficient (Wildman–Crippen LogP) is 2.32. The summed E-state index contributed by atoms with van der Waals surface area (Å²) in [5.41, 5.74) is 2.19. The Bertz CT molecular complexity index is 906. The number of hydrogen-bond acceptors (Lipinski definition) is 6. The Labute approximate surface area is 148 Å². The third kappa shape index (κ3) is 2.78. The highest BCUT2D eigenvalue weighted by Gasteiger charge is 2.29. The maximum Gasteiger partial charge on any atom is 0.240 e. The molecule has 1 unspecified atom stereocenters. The van der Waals surface area contributed by atoms with E-state index >= 15 is 0 Å². The fourth-order valence-corrected chi connectivity index (χ4v) is 3.76. The van der Waals surface area contributed by atoms with Crippen LogP contribution < -0.4 is 10.7 Å². The van der Waals surface area contributed by atoms with Crippen molar-refractivity contribution in [2.75, 3.05) is 17.3 Å². The number of carbonyl (C=O) groups is 1. The number of hydrogen-bond donors (Lipinski definition) is 1. The average Bonchev–Trinajstić information content (AvgIpc) is 3.35. The van der Waals surface area contributed by atoms with Gasteiger partial charge in [-0.1, -0.05) is 30.0 Å².